The van der Waals surface area contributed by atoms with E-state index in [-0.39, 0.29) is 18.4 Å². The second-order valence-electron chi connectivity index (χ2n) is 5.33. The molecule has 0 aliphatic rings. The predicted octanol–water partition coefficient (Wildman–Crippen LogP) is 2.76. The first-order valence-corrected chi connectivity index (χ1v) is 7.34. The van der Waals surface area contributed by atoms with Gasteiger partial charge in [-0.3, -0.25) is 4.79 Å². The first-order valence-electron chi connectivity index (χ1n) is 7.34. The van der Waals surface area contributed by atoms with Gasteiger partial charge in [-0.2, -0.15) is 5.26 Å². The van der Waals surface area contributed by atoms with E-state index >= 15 is 0 Å². The van der Waals surface area contributed by atoms with Gasteiger partial charge in [0.15, 0.2) is 0 Å². The van der Waals surface area contributed by atoms with Crippen molar-refractivity contribution >= 4 is 5.91 Å². The van der Waals surface area contributed by atoms with Crippen LogP contribution in [0, 0.1) is 31.1 Å². The number of nitrogens with zero attached hydrogens (tertiary/aromatic N) is 2. The molecule has 0 radical (unpaired) electrons. The maximum atomic E-state index is 12.2. The Bertz CT molecular complexity index is 711. The minimum absolute atomic E-state index is 0.241. The van der Waals surface area contributed by atoms with Gasteiger partial charge >= 0.3 is 0 Å². The number of amides is 1. The zero-order valence-electron chi connectivity index (χ0n) is 13.4. The third kappa shape index (κ3) is 4.10. The summed E-state index contributed by atoms with van der Waals surface area (Å²) in [5.74, 6) is 0.678. The second-order valence-corrected chi connectivity index (χ2v) is 5.33. The molecular formula is C17H19N3O3. The quantitative estimate of drug-likeness (QED) is 0.886. The van der Waals surface area contributed by atoms with Crippen molar-refractivity contribution in [2.75, 3.05) is 6.54 Å². The monoisotopic (exact) mass is 313 g/mol. The number of carbonyl (C=O) groups excluding carboxylic acids is 1. The van der Waals surface area contributed by atoms with E-state index in [1.54, 1.807) is 31.2 Å². The molecule has 0 spiro atoms. The highest BCUT2D eigenvalue weighted by molar-refractivity contribution is 5.96. The Kier molecular flexibility index (Phi) is 5.36. The van der Waals surface area contributed by atoms with Crippen LogP contribution < -0.4 is 10.1 Å². The second kappa shape index (κ2) is 7.45. The number of aryl methyl sites for hydroxylation is 2. The van der Waals surface area contributed by atoms with E-state index in [1.807, 2.05) is 13.8 Å². The molecule has 0 unspecified atom stereocenters. The minimum Gasteiger partial charge on any atom is -0.488 e. The van der Waals surface area contributed by atoms with Crippen LogP contribution in [0.4, 0.5) is 0 Å². The lowest BCUT2D eigenvalue weighted by Gasteiger charge is -2.12. The average molecular weight is 313 g/mol. The molecule has 0 fully saturated rings. The van der Waals surface area contributed by atoms with E-state index in [1.165, 1.54) is 0 Å². The molecule has 0 saturated carbocycles. The molecule has 23 heavy (non-hydrogen) atoms. The van der Waals surface area contributed by atoms with E-state index in [4.69, 9.17) is 14.5 Å². The number of nitrogens with one attached hydrogen (secondary N) is 1. The van der Waals surface area contributed by atoms with Crippen molar-refractivity contribution in [1.82, 2.24) is 10.5 Å². The Labute approximate surface area is 135 Å². The molecule has 2 rings (SSSR count). The molecule has 0 aliphatic carbocycles. The summed E-state index contributed by atoms with van der Waals surface area (Å²) in [4.78, 5) is 12.2. The highest BCUT2D eigenvalue weighted by Gasteiger charge is 2.15. The van der Waals surface area contributed by atoms with Crippen molar-refractivity contribution in [3.63, 3.8) is 0 Å². The standard InChI is InChI=1S/C17H19N3O3/c1-11(8-18)9-19-17(21)14-6-4-5-7-16(14)22-10-15-12(2)20-23-13(15)3/h4-7,11H,9-10H2,1-3H3,(H,19,21)/t11-/m0/s1. The Hall–Kier alpha value is -2.81. The predicted molar refractivity (Wildman–Crippen MR) is 83.9 cm³/mol. The summed E-state index contributed by atoms with van der Waals surface area (Å²) in [5.41, 5.74) is 2.08. The normalized spacial score (nSPS) is 11.6. The van der Waals surface area contributed by atoms with Crippen LogP contribution in [0.3, 0.4) is 0 Å². The van der Waals surface area contributed by atoms with Crippen molar-refractivity contribution < 1.29 is 14.1 Å². The van der Waals surface area contributed by atoms with Crippen molar-refractivity contribution in [3.05, 3.63) is 46.8 Å². The van der Waals surface area contributed by atoms with Gasteiger partial charge in [-0.1, -0.05) is 17.3 Å². The summed E-state index contributed by atoms with van der Waals surface area (Å²) in [6.07, 6.45) is 0. The summed E-state index contributed by atoms with van der Waals surface area (Å²) >= 11 is 0. The van der Waals surface area contributed by atoms with Crippen LogP contribution in [0.2, 0.25) is 0 Å². The number of hydrogen-bond donors (Lipinski definition) is 1. The summed E-state index contributed by atoms with van der Waals surface area (Å²) in [6, 6.07) is 9.08. The van der Waals surface area contributed by atoms with Crippen LogP contribution in [0.1, 0.15) is 34.3 Å². The van der Waals surface area contributed by atoms with Gasteiger partial charge in [0.05, 0.1) is 28.8 Å². The van der Waals surface area contributed by atoms with Crippen molar-refractivity contribution in [3.8, 4) is 11.8 Å². The SMILES string of the molecule is Cc1noc(C)c1COc1ccccc1C(=O)NC[C@@H](C)C#N. The Morgan fingerprint density at radius 2 is 2.17 bits per heavy atom. The average Bonchev–Trinajstić information content (AvgIpc) is 2.89. The summed E-state index contributed by atoms with van der Waals surface area (Å²) in [7, 11) is 0. The van der Waals surface area contributed by atoms with E-state index in [0.717, 1.165) is 11.3 Å². The van der Waals surface area contributed by atoms with Crippen LogP contribution in [-0.4, -0.2) is 17.6 Å². The van der Waals surface area contributed by atoms with Gasteiger partial charge in [0.1, 0.15) is 18.1 Å². The highest BCUT2D eigenvalue weighted by Crippen LogP contribution is 2.21. The van der Waals surface area contributed by atoms with Gasteiger partial charge in [0.25, 0.3) is 5.91 Å². The lowest BCUT2D eigenvalue weighted by atomic mass is 10.1. The van der Waals surface area contributed by atoms with Crippen molar-refractivity contribution in [2.24, 2.45) is 5.92 Å². The molecule has 1 amide bonds. The lowest BCUT2D eigenvalue weighted by molar-refractivity contribution is 0.0946. The molecule has 1 heterocycles. The summed E-state index contributed by atoms with van der Waals surface area (Å²) in [6.45, 7) is 5.99. The largest absolute Gasteiger partial charge is 0.488 e. The van der Waals surface area contributed by atoms with Crippen molar-refractivity contribution in [2.45, 2.75) is 27.4 Å². The minimum atomic E-state index is -0.263. The number of aromatic nitrogens is 1. The van der Waals surface area contributed by atoms with Crippen molar-refractivity contribution in [1.29, 1.82) is 5.26 Å². The zero-order chi connectivity index (χ0) is 16.8. The summed E-state index contributed by atoms with van der Waals surface area (Å²) in [5, 5.41) is 15.4. The molecule has 120 valence electrons. The molecule has 0 saturated heterocycles. The molecule has 1 N–H and O–H groups in total. The maximum absolute atomic E-state index is 12.2. The first-order chi connectivity index (χ1) is 11.0. The number of hydrogen-bond acceptors (Lipinski definition) is 5. The molecule has 6 nitrogen and oxygen atoms in total. The molecule has 1 aromatic heterocycles. The Balaban J connectivity index is 2.08. The number of para-hydroxylation sites is 1. The van der Waals surface area contributed by atoms with Crippen LogP contribution in [0.25, 0.3) is 0 Å². The fourth-order valence-corrected chi connectivity index (χ4v) is 2.02. The molecule has 0 bridgehead atoms. The molecule has 0 aliphatic heterocycles. The number of benzene rings is 1. The third-order valence-electron chi connectivity index (χ3n) is 3.47. The molecular weight excluding hydrogens is 294 g/mol. The first kappa shape index (κ1) is 16.6. The molecule has 2 aromatic rings. The van der Waals surface area contributed by atoms with Crippen LogP contribution >= 0.6 is 0 Å². The smallest absolute Gasteiger partial charge is 0.255 e. The van der Waals surface area contributed by atoms with Gasteiger partial charge in [0.2, 0.25) is 0 Å². The topological polar surface area (TPSA) is 88.2 Å². The number of carbonyl (C=O) groups is 1. The van der Waals surface area contributed by atoms with Crippen LogP contribution in [-0.2, 0) is 6.61 Å². The highest BCUT2D eigenvalue weighted by atomic mass is 16.5. The van der Waals surface area contributed by atoms with E-state index in [0.29, 0.717) is 23.6 Å². The van der Waals surface area contributed by atoms with E-state index in [2.05, 4.69) is 16.5 Å². The van der Waals surface area contributed by atoms with E-state index in [9.17, 15) is 4.79 Å². The van der Waals surface area contributed by atoms with Crippen LogP contribution in [0.15, 0.2) is 28.8 Å². The fraction of sp³-hybridized carbons (Fsp3) is 0.353. The Morgan fingerprint density at radius 3 is 2.83 bits per heavy atom. The van der Waals surface area contributed by atoms with Gasteiger partial charge in [-0.25, -0.2) is 0 Å². The fourth-order valence-electron chi connectivity index (χ4n) is 2.02. The third-order valence-corrected chi connectivity index (χ3v) is 3.47. The zero-order valence-corrected chi connectivity index (χ0v) is 13.4. The Morgan fingerprint density at radius 1 is 1.43 bits per heavy atom. The number of ether oxygens (including phenoxy) is 1. The lowest BCUT2D eigenvalue weighted by Crippen LogP contribution is -2.28. The number of nitriles is 1. The van der Waals surface area contributed by atoms with Gasteiger partial charge in [-0.05, 0) is 32.9 Å². The molecule has 1 aromatic carbocycles. The maximum Gasteiger partial charge on any atom is 0.255 e. The number of rotatable bonds is 6. The van der Waals surface area contributed by atoms with E-state index < -0.39 is 0 Å². The molecule has 6 heteroatoms. The van der Waals surface area contributed by atoms with Gasteiger partial charge < -0.3 is 14.6 Å². The molecule has 1 atom stereocenters. The summed E-state index contributed by atoms with van der Waals surface area (Å²) < 4.78 is 10.9. The van der Waals surface area contributed by atoms with Gasteiger partial charge in [-0.15, -0.1) is 0 Å². The van der Waals surface area contributed by atoms with Crippen LogP contribution in [0.5, 0.6) is 5.75 Å². The van der Waals surface area contributed by atoms with Gasteiger partial charge in [0, 0.05) is 6.54 Å².